The van der Waals surface area contributed by atoms with Crippen LogP contribution < -0.4 is 15.4 Å². The van der Waals surface area contributed by atoms with Gasteiger partial charge in [-0.1, -0.05) is 12.1 Å². The fraction of sp³-hybridized carbons (Fsp3) is 0.720. The first-order valence-electron chi connectivity index (χ1n) is 12.2. The lowest BCUT2D eigenvalue weighted by Gasteiger charge is -2.36. The van der Waals surface area contributed by atoms with Gasteiger partial charge in [0.15, 0.2) is 5.96 Å². The van der Waals surface area contributed by atoms with E-state index in [0.717, 1.165) is 96.7 Å². The van der Waals surface area contributed by atoms with E-state index >= 15 is 0 Å². The van der Waals surface area contributed by atoms with Crippen LogP contribution in [-0.4, -0.2) is 71.8 Å². The molecular weight excluding hydrogens is 406 g/mol. The molecule has 0 aliphatic carbocycles. The number of nitrogens with zero attached hydrogens (tertiary/aromatic N) is 1. The fourth-order valence-corrected chi connectivity index (χ4v) is 4.29. The normalized spacial score (nSPS) is 20.8. The van der Waals surface area contributed by atoms with Crippen molar-refractivity contribution in [3.05, 3.63) is 29.8 Å². The van der Waals surface area contributed by atoms with E-state index < -0.39 is 0 Å². The van der Waals surface area contributed by atoms with Gasteiger partial charge < -0.3 is 29.6 Å². The number of rotatable bonds is 12. The molecule has 1 aromatic carbocycles. The second-order valence-electron chi connectivity index (χ2n) is 8.63. The number of ether oxygens (including phenoxy) is 4. The van der Waals surface area contributed by atoms with Gasteiger partial charge in [0.05, 0.1) is 26.4 Å². The highest BCUT2D eigenvalue weighted by Gasteiger charge is 2.34. The lowest BCUT2D eigenvalue weighted by molar-refractivity contribution is 0.0531. The molecule has 2 N–H and O–H groups in total. The molecule has 1 unspecified atom stereocenters. The van der Waals surface area contributed by atoms with E-state index in [4.69, 9.17) is 23.9 Å². The van der Waals surface area contributed by atoms with Gasteiger partial charge in [0.25, 0.3) is 0 Å². The van der Waals surface area contributed by atoms with Gasteiger partial charge in [0.1, 0.15) is 5.75 Å². The summed E-state index contributed by atoms with van der Waals surface area (Å²) in [7, 11) is 0. The minimum atomic E-state index is -0.00217. The highest BCUT2D eigenvalue weighted by atomic mass is 16.5. The predicted octanol–water partition coefficient (Wildman–Crippen LogP) is 3.13. The average Bonchev–Trinajstić information content (AvgIpc) is 3.34. The van der Waals surface area contributed by atoms with Crippen LogP contribution in [0.5, 0.6) is 5.75 Å². The van der Waals surface area contributed by atoms with Crippen LogP contribution >= 0.6 is 0 Å². The van der Waals surface area contributed by atoms with Crippen molar-refractivity contribution in [1.29, 1.82) is 0 Å². The molecule has 1 atom stereocenters. The van der Waals surface area contributed by atoms with Crippen molar-refractivity contribution in [3.63, 3.8) is 0 Å². The lowest BCUT2D eigenvalue weighted by atomic mass is 9.74. The SMILES string of the molecule is CCNC(=NCC1(c2ccc(OCC)cc2)CCOCC1)NCCCOCC1CCOC1. The second kappa shape index (κ2) is 13.7. The van der Waals surface area contributed by atoms with E-state index in [9.17, 15) is 0 Å². The van der Waals surface area contributed by atoms with Gasteiger partial charge in [0, 0.05) is 50.8 Å². The van der Waals surface area contributed by atoms with E-state index in [1.54, 1.807) is 0 Å². The van der Waals surface area contributed by atoms with Crippen molar-refractivity contribution in [1.82, 2.24) is 10.6 Å². The monoisotopic (exact) mass is 447 g/mol. The van der Waals surface area contributed by atoms with Gasteiger partial charge in [-0.15, -0.1) is 0 Å². The molecule has 2 aliphatic heterocycles. The third-order valence-electron chi connectivity index (χ3n) is 6.25. The van der Waals surface area contributed by atoms with Gasteiger partial charge in [-0.25, -0.2) is 0 Å². The summed E-state index contributed by atoms with van der Waals surface area (Å²) in [6.07, 6.45) is 4.03. The van der Waals surface area contributed by atoms with E-state index in [2.05, 4.69) is 41.8 Å². The molecule has 0 aromatic heterocycles. The zero-order valence-electron chi connectivity index (χ0n) is 19.9. The predicted molar refractivity (Wildman–Crippen MR) is 128 cm³/mol. The van der Waals surface area contributed by atoms with Crippen molar-refractivity contribution in [2.24, 2.45) is 10.9 Å². The molecule has 0 saturated carbocycles. The minimum Gasteiger partial charge on any atom is -0.494 e. The first-order chi connectivity index (χ1) is 15.8. The quantitative estimate of drug-likeness (QED) is 0.291. The summed E-state index contributed by atoms with van der Waals surface area (Å²) in [6, 6.07) is 8.53. The highest BCUT2D eigenvalue weighted by molar-refractivity contribution is 5.79. The van der Waals surface area contributed by atoms with Crippen molar-refractivity contribution >= 4 is 5.96 Å². The Labute approximate surface area is 193 Å². The molecule has 7 heteroatoms. The van der Waals surface area contributed by atoms with Crippen LogP contribution in [0.1, 0.15) is 45.1 Å². The van der Waals surface area contributed by atoms with E-state index in [0.29, 0.717) is 12.5 Å². The summed E-state index contributed by atoms with van der Waals surface area (Å²) < 4.78 is 22.5. The second-order valence-corrected chi connectivity index (χ2v) is 8.63. The number of hydrogen-bond donors (Lipinski definition) is 2. The van der Waals surface area contributed by atoms with Gasteiger partial charge in [-0.3, -0.25) is 4.99 Å². The molecule has 32 heavy (non-hydrogen) atoms. The maximum Gasteiger partial charge on any atom is 0.191 e. The van der Waals surface area contributed by atoms with E-state index in [1.165, 1.54) is 5.56 Å². The van der Waals surface area contributed by atoms with Crippen molar-refractivity contribution in [2.45, 2.75) is 44.9 Å². The molecule has 0 radical (unpaired) electrons. The Bertz CT molecular complexity index is 668. The summed E-state index contributed by atoms with van der Waals surface area (Å²) in [5, 5.41) is 6.85. The zero-order chi connectivity index (χ0) is 22.5. The van der Waals surface area contributed by atoms with Crippen LogP contribution in [0.3, 0.4) is 0 Å². The maximum absolute atomic E-state index is 5.81. The van der Waals surface area contributed by atoms with Crippen LogP contribution in [0.25, 0.3) is 0 Å². The molecule has 2 fully saturated rings. The standard InChI is InChI=1S/C25H41N3O4/c1-3-26-24(27-13-5-14-30-18-21-10-15-31-19-21)28-20-25(11-16-29-17-12-25)22-6-8-23(9-7-22)32-4-2/h6-9,21H,3-5,10-20H2,1-2H3,(H2,26,27,28). The summed E-state index contributed by atoms with van der Waals surface area (Å²) in [4.78, 5) is 4.98. The van der Waals surface area contributed by atoms with Gasteiger partial charge in [-0.2, -0.15) is 0 Å². The number of guanidine groups is 1. The summed E-state index contributed by atoms with van der Waals surface area (Å²) >= 11 is 0. The Morgan fingerprint density at radius 2 is 1.91 bits per heavy atom. The summed E-state index contributed by atoms with van der Waals surface area (Å²) in [6.45, 7) is 12.0. The molecule has 0 spiro atoms. The van der Waals surface area contributed by atoms with Crippen LogP contribution in [-0.2, 0) is 19.6 Å². The molecule has 3 rings (SSSR count). The smallest absolute Gasteiger partial charge is 0.191 e. The Morgan fingerprint density at radius 1 is 1.09 bits per heavy atom. The van der Waals surface area contributed by atoms with Gasteiger partial charge in [0.2, 0.25) is 0 Å². The first kappa shape index (κ1) is 24.8. The van der Waals surface area contributed by atoms with Crippen molar-refractivity contribution in [2.75, 3.05) is 65.9 Å². The van der Waals surface area contributed by atoms with Gasteiger partial charge in [-0.05, 0) is 57.2 Å². The lowest BCUT2D eigenvalue weighted by Crippen LogP contribution is -2.41. The molecule has 0 bridgehead atoms. The van der Waals surface area contributed by atoms with Crippen LogP contribution in [0.4, 0.5) is 0 Å². The van der Waals surface area contributed by atoms with Crippen LogP contribution in [0.15, 0.2) is 29.3 Å². The largest absolute Gasteiger partial charge is 0.494 e. The Morgan fingerprint density at radius 3 is 2.59 bits per heavy atom. The summed E-state index contributed by atoms with van der Waals surface area (Å²) in [5.74, 6) is 2.35. The van der Waals surface area contributed by atoms with Gasteiger partial charge >= 0.3 is 0 Å². The molecule has 2 heterocycles. The zero-order valence-corrected chi connectivity index (χ0v) is 19.9. The number of aliphatic imine (C=N–C) groups is 1. The van der Waals surface area contributed by atoms with Crippen molar-refractivity contribution < 1.29 is 18.9 Å². The number of benzene rings is 1. The molecule has 180 valence electrons. The van der Waals surface area contributed by atoms with Crippen LogP contribution in [0.2, 0.25) is 0 Å². The summed E-state index contributed by atoms with van der Waals surface area (Å²) in [5.41, 5.74) is 1.31. The van der Waals surface area contributed by atoms with Crippen LogP contribution in [0, 0.1) is 5.92 Å². The molecule has 1 aromatic rings. The third-order valence-corrected chi connectivity index (χ3v) is 6.25. The molecule has 2 saturated heterocycles. The first-order valence-corrected chi connectivity index (χ1v) is 12.2. The van der Waals surface area contributed by atoms with E-state index in [-0.39, 0.29) is 5.41 Å². The number of nitrogens with one attached hydrogen (secondary N) is 2. The molecule has 7 nitrogen and oxygen atoms in total. The average molecular weight is 448 g/mol. The minimum absolute atomic E-state index is 0.00217. The Kier molecular flexibility index (Phi) is 10.6. The maximum atomic E-state index is 5.81. The highest BCUT2D eigenvalue weighted by Crippen LogP contribution is 2.36. The topological polar surface area (TPSA) is 73.3 Å². The Hall–Kier alpha value is -1.83. The number of hydrogen-bond acceptors (Lipinski definition) is 5. The van der Waals surface area contributed by atoms with Crippen molar-refractivity contribution in [3.8, 4) is 5.75 Å². The molecule has 0 amide bonds. The fourth-order valence-electron chi connectivity index (χ4n) is 4.29. The van der Waals surface area contributed by atoms with E-state index in [1.807, 2.05) is 6.92 Å². The molecule has 2 aliphatic rings. The third kappa shape index (κ3) is 7.64. The molecular formula is C25H41N3O4. The Balaban J connectivity index is 1.52.